The predicted octanol–water partition coefficient (Wildman–Crippen LogP) is 5.78. The van der Waals surface area contributed by atoms with E-state index in [2.05, 4.69) is 48.2 Å². The SMILES string of the molecule is CN1Cc2ccccc2C(C(C)(O)CC(O)(c2ccc(Cl)c(Cl)c2)C2CN(C)Cc3ccccc32)C1. The maximum absolute atomic E-state index is 12.8. The number of aliphatic hydroxyl groups is 2. The van der Waals surface area contributed by atoms with E-state index in [1.165, 1.54) is 11.1 Å². The molecule has 3 aromatic carbocycles. The summed E-state index contributed by atoms with van der Waals surface area (Å²) in [5, 5.41) is 25.8. The van der Waals surface area contributed by atoms with E-state index in [1.807, 2.05) is 37.3 Å². The maximum atomic E-state index is 12.8. The van der Waals surface area contributed by atoms with Gasteiger partial charge in [0.25, 0.3) is 0 Å². The van der Waals surface area contributed by atoms with Crippen LogP contribution in [0.1, 0.15) is 53.0 Å². The fraction of sp³-hybridized carbons (Fsp3) is 0.400. The molecule has 0 saturated heterocycles. The second kappa shape index (κ2) is 9.75. The third-order valence-corrected chi connectivity index (χ3v) is 8.84. The Morgan fingerprint density at radius 3 is 1.89 bits per heavy atom. The predicted molar refractivity (Wildman–Crippen MR) is 147 cm³/mol. The average molecular weight is 526 g/mol. The average Bonchev–Trinajstić information content (AvgIpc) is 2.84. The number of benzene rings is 3. The van der Waals surface area contributed by atoms with Crippen LogP contribution in [0.15, 0.2) is 66.7 Å². The van der Waals surface area contributed by atoms with Crippen molar-refractivity contribution in [3.63, 3.8) is 0 Å². The van der Waals surface area contributed by atoms with Crippen LogP contribution < -0.4 is 0 Å². The summed E-state index contributed by atoms with van der Waals surface area (Å²) in [6.45, 7) is 4.91. The van der Waals surface area contributed by atoms with Gasteiger partial charge in [0, 0.05) is 44.4 Å². The molecule has 3 aromatic rings. The second-order valence-electron chi connectivity index (χ2n) is 11.0. The van der Waals surface area contributed by atoms with E-state index in [9.17, 15) is 10.2 Å². The Hall–Kier alpha value is -1.92. The van der Waals surface area contributed by atoms with Gasteiger partial charge in [-0.2, -0.15) is 0 Å². The lowest BCUT2D eigenvalue weighted by Crippen LogP contribution is -2.51. The molecule has 190 valence electrons. The Bertz CT molecular complexity index is 1260. The molecule has 4 atom stereocenters. The fourth-order valence-corrected chi connectivity index (χ4v) is 6.67. The van der Waals surface area contributed by atoms with Crippen LogP contribution in [-0.4, -0.2) is 52.8 Å². The minimum Gasteiger partial charge on any atom is -0.389 e. The van der Waals surface area contributed by atoms with Gasteiger partial charge in [0.1, 0.15) is 5.60 Å². The number of hydrogen-bond acceptors (Lipinski definition) is 4. The molecule has 2 heterocycles. The molecular weight excluding hydrogens is 491 g/mol. The standard InChI is InChI=1S/C30H34Cl2N2O2/c1-29(35,25-17-33(2)15-20-8-4-6-10-23(20)25)19-30(36,22-12-13-27(31)28(32)14-22)26-18-34(3)16-21-9-5-7-11-24(21)26/h4-14,25-26,35-36H,15-19H2,1-3H3. The highest BCUT2D eigenvalue weighted by molar-refractivity contribution is 6.42. The molecule has 36 heavy (non-hydrogen) atoms. The summed E-state index contributed by atoms with van der Waals surface area (Å²) >= 11 is 12.7. The quantitative estimate of drug-likeness (QED) is 0.444. The molecule has 0 aliphatic carbocycles. The van der Waals surface area contributed by atoms with Gasteiger partial charge in [0.05, 0.1) is 15.6 Å². The highest BCUT2D eigenvalue weighted by Crippen LogP contribution is 2.50. The summed E-state index contributed by atoms with van der Waals surface area (Å²) in [5.41, 5.74) is 2.77. The number of rotatable bonds is 5. The van der Waals surface area contributed by atoms with Crippen molar-refractivity contribution in [3.8, 4) is 0 Å². The lowest BCUT2D eigenvalue weighted by Gasteiger charge is -2.48. The lowest BCUT2D eigenvalue weighted by molar-refractivity contribution is -0.0963. The van der Waals surface area contributed by atoms with Gasteiger partial charge in [-0.3, -0.25) is 0 Å². The minimum absolute atomic E-state index is 0.150. The van der Waals surface area contributed by atoms with Crippen LogP contribution >= 0.6 is 23.2 Å². The van der Waals surface area contributed by atoms with Gasteiger partial charge in [-0.25, -0.2) is 0 Å². The molecule has 0 bridgehead atoms. The molecule has 4 unspecified atom stereocenters. The van der Waals surface area contributed by atoms with Gasteiger partial charge in [-0.1, -0.05) is 77.8 Å². The van der Waals surface area contributed by atoms with E-state index < -0.39 is 11.2 Å². The zero-order chi connectivity index (χ0) is 25.7. The Morgan fingerprint density at radius 2 is 1.31 bits per heavy atom. The fourth-order valence-electron chi connectivity index (χ4n) is 6.37. The molecule has 0 fully saturated rings. The summed E-state index contributed by atoms with van der Waals surface area (Å²) in [7, 11) is 4.15. The zero-order valence-electron chi connectivity index (χ0n) is 21.1. The van der Waals surface area contributed by atoms with E-state index >= 15 is 0 Å². The third-order valence-electron chi connectivity index (χ3n) is 8.10. The molecule has 6 heteroatoms. The normalized spacial score (nSPS) is 23.9. The van der Waals surface area contributed by atoms with E-state index in [0.29, 0.717) is 28.7 Å². The minimum atomic E-state index is -1.38. The molecule has 2 aliphatic rings. The Balaban J connectivity index is 1.63. The van der Waals surface area contributed by atoms with E-state index in [4.69, 9.17) is 23.2 Å². The van der Waals surface area contributed by atoms with Crippen LogP contribution in [0.4, 0.5) is 0 Å². The number of nitrogens with zero attached hydrogens (tertiary/aromatic N) is 2. The molecule has 0 saturated carbocycles. The van der Waals surface area contributed by atoms with Crippen molar-refractivity contribution in [2.75, 3.05) is 27.2 Å². The summed E-state index contributed by atoms with van der Waals surface area (Å²) in [6, 6.07) is 22.0. The molecule has 4 nitrogen and oxygen atoms in total. The van der Waals surface area contributed by atoms with Crippen LogP contribution in [0.5, 0.6) is 0 Å². The van der Waals surface area contributed by atoms with Crippen LogP contribution in [0.2, 0.25) is 10.0 Å². The van der Waals surface area contributed by atoms with Crippen LogP contribution in [-0.2, 0) is 18.7 Å². The Labute approximate surface area is 224 Å². The van der Waals surface area contributed by atoms with Gasteiger partial charge >= 0.3 is 0 Å². The topological polar surface area (TPSA) is 46.9 Å². The number of halogens is 2. The molecular formula is C30H34Cl2N2O2. The Morgan fingerprint density at radius 1 is 0.778 bits per heavy atom. The van der Waals surface area contributed by atoms with Crippen molar-refractivity contribution < 1.29 is 10.2 Å². The van der Waals surface area contributed by atoms with Gasteiger partial charge in [-0.05, 0) is 61.0 Å². The van der Waals surface area contributed by atoms with E-state index in [1.54, 1.807) is 12.1 Å². The molecule has 0 radical (unpaired) electrons. The molecule has 0 aromatic heterocycles. The third kappa shape index (κ3) is 4.71. The molecule has 2 N–H and O–H groups in total. The summed E-state index contributed by atoms with van der Waals surface area (Å²) in [5.74, 6) is -0.411. The first-order valence-electron chi connectivity index (χ1n) is 12.5. The smallest absolute Gasteiger partial charge is 0.100 e. The zero-order valence-corrected chi connectivity index (χ0v) is 22.6. The van der Waals surface area contributed by atoms with Gasteiger partial charge in [0.15, 0.2) is 0 Å². The Kier molecular flexibility index (Phi) is 6.97. The van der Waals surface area contributed by atoms with Gasteiger partial charge < -0.3 is 20.0 Å². The van der Waals surface area contributed by atoms with Crippen molar-refractivity contribution in [2.45, 2.75) is 49.5 Å². The number of fused-ring (bicyclic) bond motifs is 2. The van der Waals surface area contributed by atoms with Crippen molar-refractivity contribution >= 4 is 23.2 Å². The molecule has 0 amide bonds. The first-order valence-corrected chi connectivity index (χ1v) is 13.3. The van der Waals surface area contributed by atoms with Crippen molar-refractivity contribution in [1.29, 1.82) is 0 Å². The van der Waals surface area contributed by atoms with E-state index in [-0.39, 0.29) is 18.3 Å². The van der Waals surface area contributed by atoms with Crippen LogP contribution in [0.25, 0.3) is 0 Å². The number of hydrogen-bond donors (Lipinski definition) is 2. The summed E-state index contributed by atoms with van der Waals surface area (Å²) in [6.07, 6.45) is 0.150. The lowest BCUT2D eigenvalue weighted by atomic mass is 9.65. The monoisotopic (exact) mass is 524 g/mol. The summed E-state index contributed by atoms with van der Waals surface area (Å²) in [4.78, 5) is 4.47. The first kappa shape index (κ1) is 25.7. The first-order chi connectivity index (χ1) is 17.1. The van der Waals surface area contributed by atoms with Crippen molar-refractivity contribution in [1.82, 2.24) is 9.80 Å². The highest BCUT2D eigenvalue weighted by Gasteiger charge is 2.50. The summed E-state index contributed by atoms with van der Waals surface area (Å²) < 4.78 is 0. The van der Waals surface area contributed by atoms with Crippen LogP contribution in [0.3, 0.4) is 0 Å². The second-order valence-corrected chi connectivity index (χ2v) is 11.8. The number of likely N-dealkylation sites (N-methyl/N-ethyl adjacent to an activating group) is 2. The maximum Gasteiger partial charge on any atom is 0.100 e. The van der Waals surface area contributed by atoms with E-state index in [0.717, 1.165) is 24.2 Å². The van der Waals surface area contributed by atoms with Crippen LogP contribution in [0, 0.1) is 0 Å². The highest BCUT2D eigenvalue weighted by atomic mass is 35.5. The van der Waals surface area contributed by atoms with Crippen molar-refractivity contribution in [3.05, 3.63) is 105 Å². The molecule has 0 spiro atoms. The molecule has 2 aliphatic heterocycles. The van der Waals surface area contributed by atoms with Crippen molar-refractivity contribution in [2.24, 2.45) is 0 Å². The van der Waals surface area contributed by atoms with Gasteiger partial charge in [-0.15, -0.1) is 0 Å². The molecule has 5 rings (SSSR count). The van der Waals surface area contributed by atoms with Gasteiger partial charge in [0.2, 0.25) is 0 Å². The largest absolute Gasteiger partial charge is 0.389 e.